The fraction of sp³-hybridized carbons (Fsp3) is 0.500. The number of hydrogen-bond donors (Lipinski definition) is 0. The number of benzene rings is 1. The lowest BCUT2D eigenvalue weighted by Gasteiger charge is -2.48. The second-order valence-electron chi connectivity index (χ2n) is 8.17. The van der Waals surface area contributed by atoms with Crippen LogP contribution in [0.5, 0.6) is 0 Å². The first-order chi connectivity index (χ1) is 13.1. The van der Waals surface area contributed by atoms with E-state index < -0.39 is 0 Å². The van der Waals surface area contributed by atoms with Gasteiger partial charge in [-0.05, 0) is 38.7 Å². The maximum atomic E-state index is 12.6. The number of aryl methyl sites for hydroxylation is 1. The van der Waals surface area contributed by atoms with Gasteiger partial charge in [-0.3, -0.25) is 4.79 Å². The van der Waals surface area contributed by atoms with Crippen LogP contribution in [0.4, 0.5) is 5.82 Å². The Bertz CT molecular complexity index is 822. The second-order valence-corrected chi connectivity index (χ2v) is 8.17. The predicted molar refractivity (Wildman–Crippen MR) is 106 cm³/mol. The molecular formula is C22H28N4O. The summed E-state index contributed by atoms with van der Waals surface area (Å²) in [4.78, 5) is 26.0. The van der Waals surface area contributed by atoms with E-state index in [0.717, 1.165) is 44.0 Å². The molecule has 0 aliphatic carbocycles. The molecule has 5 heteroatoms. The summed E-state index contributed by atoms with van der Waals surface area (Å²) in [5, 5.41) is 0. The van der Waals surface area contributed by atoms with Gasteiger partial charge < -0.3 is 9.80 Å². The summed E-state index contributed by atoms with van der Waals surface area (Å²) in [6.45, 7) is 7.72. The predicted octanol–water partition coefficient (Wildman–Crippen LogP) is 3.50. The number of anilines is 1. The van der Waals surface area contributed by atoms with Crippen LogP contribution in [0.15, 0.2) is 36.7 Å². The minimum absolute atomic E-state index is 0.173. The number of hydrogen-bond acceptors (Lipinski definition) is 4. The molecule has 4 rings (SSSR count). The van der Waals surface area contributed by atoms with Crippen LogP contribution in [0.1, 0.15) is 42.5 Å². The smallest absolute Gasteiger partial charge is 0.222 e. The number of carbonyl (C=O) groups is 1. The third-order valence-electron chi connectivity index (χ3n) is 6.23. The molecule has 2 aromatic rings. The molecule has 1 amide bonds. The molecule has 0 saturated carbocycles. The fourth-order valence-corrected chi connectivity index (χ4v) is 4.62. The van der Waals surface area contributed by atoms with Gasteiger partial charge in [-0.15, -0.1) is 0 Å². The van der Waals surface area contributed by atoms with E-state index in [0.29, 0.717) is 13.0 Å². The summed E-state index contributed by atoms with van der Waals surface area (Å²) in [5.74, 6) is 1.35. The van der Waals surface area contributed by atoms with Crippen LogP contribution in [0.3, 0.4) is 0 Å². The van der Waals surface area contributed by atoms with Crippen LogP contribution in [-0.2, 0) is 11.3 Å². The van der Waals surface area contributed by atoms with Gasteiger partial charge >= 0.3 is 0 Å². The minimum atomic E-state index is 0.173. The van der Waals surface area contributed by atoms with E-state index in [-0.39, 0.29) is 11.3 Å². The van der Waals surface area contributed by atoms with Gasteiger partial charge in [-0.25, -0.2) is 9.97 Å². The maximum absolute atomic E-state index is 12.6. The lowest BCUT2D eigenvalue weighted by atomic mass is 9.73. The third-order valence-corrected chi connectivity index (χ3v) is 6.23. The molecule has 5 nitrogen and oxygen atoms in total. The Labute approximate surface area is 161 Å². The first kappa shape index (κ1) is 18.0. The minimum Gasteiger partial charge on any atom is -0.356 e. The molecule has 2 aliphatic heterocycles. The summed E-state index contributed by atoms with van der Waals surface area (Å²) in [6.07, 6.45) is 5.64. The van der Waals surface area contributed by atoms with Crippen molar-refractivity contribution in [1.29, 1.82) is 0 Å². The molecule has 142 valence electrons. The standard InChI is InChI=1S/C22H28N4O/c1-17-18(2)23-16-24-21(17)25-12-6-10-22(14-25)11-9-20(27)26(15-22)13-19-7-4-3-5-8-19/h3-5,7-8,16H,6,9-15H2,1-2H3/t22-/m1/s1. The molecule has 0 unspecified atom stereocenters. The molecule has 1 spiro atoms. The van der Waals surface area contributed by atoms with Crippen molar-refractivity contribution in [3.63, 3.8) is 0 Å². The molecule has 2 aliphatic rings. The third kappa shape index (κ3) is 3.68. The highest BCUT2D eigenvalue weighted by molar-refractivity contribution is 5.77. The average molecular weight is 364 g/mol. The van der Waals surface area contributed by atoms with Gasteiger partial charge in [0.2, 0.25) is 5.91 Å². The Morgan fingerprint density at radius 1 is 1.07 bits per heavy atom. The molecule has 1 aromatic carbocycles. The lowest BCUT2D eigenvalue weighted by Crippen LogP contribution is -2.54. The van der Waals surface area contributed by atoms with Crippen molar-refractivity contribution < 1.29 is 4.79 Å². The van der Waals surface area contributed by atoms with E-state index in [9.17, 15) is 4.79 Å². The van der Waals surface area contributed by atoms with Gasteiger partial charge in [-0.2, -0.15) is 0 Å². The van der Waals surface area contributed by atoms with Crippen LogP contribution in [0, 0.1) is 19.3 Å². The number of amides is 1. The van der Waals surface area contributed by atoms with E-state index in [4.69, 9.17) is 0 Å². The first-order valence-corrected chi connectivity index (χ1v) is 9.91. The average Bonchev–Trinajstić information content (AvgIpc) is 2.68. The van der Waals surface area contributed by atoms with Gasteiger partial charge in [0.25, 0.3) is 0 Å². The van der Waals surface area contributed by atoms with Crippen molar-refractivity contribution in [1.82, 2.24) is 14.9 Å². The summed E-state index contributed by atoms with van der Waals surface area (Å²) in [5.41, 5.74) is 3.59. The largest absolute Gasteiger partial charge is 0.356 e. The topological polar surface area (TPSA) is 49.3 Å². The highest BCUT2D eigenvalue weighted by Crippen LogP contribution is 2.40. The van der Waals surface area contributed by atoms with Crippen molar-refractivity contribution >= 4 is 11.7 Å². The Morgan fingerprint density at radius 2 is 1.89 bits per heavy atom. The Morgan fingerprint density at radius 3 is 2.70 bits per heavy atom. The van der Waals surface area contributed by atoms with E-state index in [2.05, 4.69) is 38.8 Å². The normalized spacial score (nSPS) is 23.1. The van der Waals surface area contributed by atoms with Crippen molar-refractivity contribution in [2.45, 2.75) is 46.1 Å². The quantitative estimate of drug-likeness (QED) is 0.836. The van der Waals surface area contributed by atoms with Crippen LogP contribution in [-0.4, -0.2) is 40.4 Å². The van der Waals surface area contributed by atoms with Crippen molar-refractivity contribution in [3.8, 4) is 0 Å². The van der Waals surface area contributed by atoms with E-state index in [1.54, 1.807) is 6.33 Å². The van der Waals surface area contributed by atoms with Gasteiger partial charge in [0.05, 0.1) is 0 Å². The zero-order chi connectivity index (χ0) is 18.9. The van der Waals surface area contributed by atoms with Gasteiger partial charge in [0, 0.05) is 49.3 Å². The molecule has 0 N–H and O–H groups in total. The Balaban J connectivity index is 1.53. The molecule has 1 aromatic heterocycles. The highest BCUT2D eigenvalue weighted by Gasteiger charge is 2.42. The molecule has 2 fully saturated rings. The van der Waals surface area contributed by atoms with Crippen LogP contribution in [0.2, 0.25) is 0 Å². The molecular weight excluding hydrogens is 336 g/mol. The second kappa shape index (κ2) is 7.29. The first-order valence-electron chi connectivity index (χ1n) is 9.91. The number of aromatic nitrogens is 2. The van der Waals surface area contributed by atoms with Gasteiger partial charge in [0.15, 0.2) is 0 Å². The van der Waals surface area contributed by atoms with Crippen LogP contribution in [0.25, 0.3) is 0 Å². The van der Waals surface area contributed by atoms with E-state index in [1.807, 2.05) is 25.1 Å². The summed E-state index contributed by atoms with van der Waals surface area (Å²) < 4.78 is 0. The summed E-state index contributed by atoms with van der Waals surface area (Å²) in [7, 11) is 0. The van der Waals surface area contributed by atoms with Crippen molar-refractivity contribution in [3.05, 3.63) is 53.5 Å². The monoisotopic (exact) mass is 364 g/mol. The molecule has 0 radical (unpaired) electrons. The zero-order valence-electron chi connectivity index (χ0n) is 16.3. The number of likely N-dealkylation sites (tertiary alicyclic amines) is 1. The zero-order valence-corrected chi connectivity index (χ0v) is 16.3. The molecule has 1 atom stereocenters. The molecule has 0 bridgehead atoms. The van der Waals surface area contributed by atoms with Crippen molar-refractivity contribution in [2.24, 2.45) is 5.41 Å². The summed E-state index contributed by atoms with van der Waals surface area (Å²) >= 11 is 0. The van der Waals surface area contributed by atoms with Gasteiger partial charge in [-0.1, -0.05) is 30.3 Å². The van der Waals surface area contributed by atoms with E-state index in [1.165, 1.54) is 17.5 Å². The fourth-order valence-electron chi connectivity index (χ4n) is 4.62. The lowest BCUT2D eigenvalue weighted by molar-refractivity contribution is -0.138. The van der Waals surface area contributed by atoms with Crippen LogP contribution < -0.4 is 4.90 Å². The number of rotatable bonds is 3. The number of piperidine rings is 2. The molecule has 2 saturated heterocycles. The highest BCUT2D eigenvalue weighted by atomic mass is 16.2. The van der Waals surface area contributed by atoms with Gasteiger partial charge in [0.1, 0.15) is 12.1 Å². The van der Waals surface area contributed by atoms with E-state index >= 15 is 0 Å². The molecule has 3 heterocycles. The maximum Gasteiger partial charge on any atom is 0.222 e. The number of carbonyl (C=O) groups excluding carboxylic acids is 1. The molecule has 27 heavy (non-hydrogen) atoms. The van der Waals surface area contributed by atoms with Crippen LogP contribution >= 0.6 is 0 Å². The Kier molecular flexibility index (Phi) is 4.85. The number of nitrogens with zero attached hydrogens (tertiary/aromatic N) is 4. The SMILES string of the molecule is Cc1ncnc(N2CCC[C@@]3(CCC(=O)N(Cc4ccccc4)C3)C2)c1C. The van der Waals surface area contributed by atoms with Crippen molar-refractivity contribution in [2.75, 3.05) is 24.5 Å². The Hall–Kier alpha value is -2.43. The summed E-state index contributed by atoms with van der Waals surface area (Å²) in [6, 6.07) is 10.3.